The second kappa shape index (κ2) is 11.7. The van der Waals surface area contributed by atoms with Crippen LogP contribution in [0.2, 0.25) is 0 Å². The normalized spacial score (nSPS) is 11.1. The molecule has 37 heavy (non-hydrogen) atoms. The van der Waals surface area contributed by atoms with Gasteiger partial charge in [-0.3, -0.25) is 4.89 Å². The van der Waals surface area contributed by atoms with Gasteiger partial charge < -0.3 is 9.80 Å². The minimum Gasteiger partial charge on any atom is -0.378 e. The Morgan fingerprint density at radius 2 is 1.00 bits per heavy atom. The van der Waals surface area contributed by atoms with E-state index >= 15 is 0 Å². The number of carbonyl (C=O) groups is 1. The summed E-state index contributed by atoms with van der Waals surface area (Å²) in [4.78, 5) is 27.3. The third-order valence-electron chi connectivity index (χ3n) is 6.07. The van der Waals surface area contributed by atoms with Gasteiger partial charge in [-0.15, -0.1) is 0 Å². The van der Waals surface area contributed by atoms with E-state index in [1.807, 2.05) is 123 Å². The van der Waals surface area contributed by atoms with E-state index in [0.717, 1.165) is 28.1 Å². The van der Waals surface area contributed by atoms with Crippen LogP contribution in [0, 0.1) is 0 Å². The first-order chi connectivity index (χ1) is 17.9. The van der Waals surface area contributed by atoms with Crippen molar-refractivity contribution in [2.24, 2.45) is 0 Å². The maximum absolute atomic E-state index is 12.5. The zero-order valence-electron chi connectivity index (χ0n) is 21.3. The lowest BCUT2D eigenvalue weighted by atomic mass is 9.80. The minimum atomic E-state index is -1.22. The summed E-state index contributed by atoms with van der Waals surface area (Å²) >= 11 is 0. The van der Waals surface area contributed by atoms with Crippen molar-refractivity contribution in [3.63, 3.8) is 0 Å². The third-order valence-corrected chi connectivity index (χ3v) is 6.07. The van der Waals surface area contributed by atoms with Crippen LogP contribution in [0.3, 0.4) is 0 Å². The van der Waals surface area contributed by atoms with Crippen LogP contribution in [-0.2, 0) is 25.5 Å². The zero-order chi connectivity index (χ0) is 26.3. The Kier molecular flexibility index (Phi) is 8.20. The second-order valence-corrected chi connectivity index (χ2v) is 8.89. The van der Waals surface area contributed by atoms with Gasteiger partial charge in [0.1, 0.15) is 0 Å². The summed E-state index contributed by atoms with van der Waals surface area (Å²) in [5, 5.41) is 9.95. The van der Waals surface area contributed by atoms with E-state index < -0.39 is 11.6 Å². The van der Waals surface area contributed by atoms with Crippen molar-refractivity contribution in [2.75, 3.05) is 38.0 Å². The molecule has 0 aliphatic rings. The van der Waals surface area contributed by atoms with Crippen molar-refractivity contribution in [3.05, 3.63) is 131 Å². The molecule has 0 saturated carbocycles. The Bertz CT molecular complexity index is 1240. The van der Waals surface area contributed by atoms with Crippen molar-refractivity contribution >= 4 is 17.3 Å². The zero-order valence-corrected chi connectivity index (χ0v) is 21.3. The summed E-state index contributed by atoms with van der Waals surface area (Å²) < 4.78 is 0. The highest BCUT2D eigenvalue weighted by Gasteiger charge is 2.40. The van der Waals surface area contributed by atoms with Crippen molar-refractivity contribution in [3.8, 4) is 0 Å². The maximum Gasteiger partial charge on any atom is 0.376 e. The SMILES string of the molecule is CN(C)c1ccc(C(=O)OOOOC(c2ccccc2)(c2ccccc2)c2ccc(N(C)C)cc2)cc1. The summed E-state index contributed by atoms with van der Waals surface area (Å²) in [6.45, 7) is 0. The van der Waals surface area contributed by atoms with Gasteiger partial charge >= 0.3 is 5.97 Å². The van der Waals surface area contributed by atoms with Crippen LogP contribution >= 0.6 is 0 Å². The van der Waals surface area contributed by atoms with Crippen LogP contribution in [0.4, 0.5) is 11.4 Å². The van der Waals surface area contributed by atoms with Gasteiger partial charge in [0.05, 0.1) is 5.56 Å². The number of benzene rings is 4. The molecule has 7 heteroatoms. The standard InChI is InChI=1S/C30H30N2O5/c1-31(2)27-19-15-23(16-20-27)29(33)34-36-37-35-30(24-11-7-5-8-12-24,25-13-9-6-10-14-25)26-17-21-28(22-18-26)32(3)4/h5-22H,1-4H3. The molecular weight excluding hydrogens is 468 g/mol. The molecule has 0 bridgehead atoms. The van der Waals surface area contributed by atoms with Gasteiger partial charge in [0.2, 0.25) is 0 Å². The Morgan fingerprint density at radius 3 is 1.46 bits per heavy atom. The molecule has 0 aliphatic heterocycles. The van der Waals surface area contributed by atoms with Crippen molar-refractivity contribution in [1.29, 1.82) is 0 Å². The van der Waals surface area contributed by atoms with Gasteiger partial charge in [0.25, 0.3) is 0 Å². The molecule has 190 valence electrons. The van der Waals surface area contributed by atoms with E-state index in [1.165, 1.54) is 0 Å². The average molecular weight is 499 g/mol. The fourth-order valence-electron chi connectivity index (χ4n) is 4.04. The monoisotopic (exact) mass is 498 g/mol. The highest BCUT2D eigenvalue weighted by molar-refractivity contribution is 5.89. The van der Waals surface area contributed by atoms with Crippen LogP contribution in [0.15, 0.2) is 109 Å². The molecule has 0 heterocycles. The smallest absolute Gasteiger partial charge is 0.376 e. The summed E-state index contributed by atoms with van der Waals surface area (Å²) in [5.41, 5.74) is 3.47. The predicted octanol–water partition coefficient (Wildman–Crippen LogP) is 5.76. The molecule has 0 spiro atoms. The number of nitrogens with zero attached hydrogens (tertiary/aromatic N) is 2. The van der Waals surface area contributed by atoms with Crippen molar-refractivity contribution in [1.82, 2.24) is 0 Å². The molecule has 4 rings (SSSR count). The minimum absolute atomic E-state index is 0.311. The fraction of sp³-hybridized carbons (Fsp3) is 0.167. The molecule has 0 unspecified atom stereocenters. The Morgan fingerprint density at radius 1 is 0.568 bits per heavy atom. The van der Waals surface area contributed by atoms with E-state index in [-0.39, 0.29) is 0 Å². The summed E-state index contributed by atoms with van der Waals surface area (Å²) in [6, 6.07) is 34.1. The van der Waals surface area contributed by atoms with Gasteiger partial charge in [-0.25, -0.2) is 4.79 Å². The predicted molar refractivity (Wildman–Crippen MR) is 143 cm³/mol. The van der Waals surface area contributed by atoms with E-state index in [0.29, 0.717) is 5.56 Å². The Hall–Kier alpha value is -4.17. The first-order valence-corrected chi connectivity index (χ1v) is 11.8. The van der Waals surface area contributed by atoms with Gasteiger partial charge in [-0.2, -0.15) is 4.89 Å². The Labute approximate surface area is 217 Å². The van der Waals surface area contributed by atoms with E-state index in [9.17, 15) is 4.79 Å². The molecule has 0 fully saturated rings. The summed E-state index contributed by atoms with van der Waals surface area (Å²) in [5.74, 6) is -0.714. The number of hydrogen-bond donors (Lipinski definition) is 0. The van der Waals surface area contributed by atoms with Crippen LogP contribution < -0.4 is 9.80 Å². The molecule has 0 aliphatic carbocycles. The van der Waals surface area contributed by atoms with Crippen LogP contribution in [0.25, 0.3) is 0 Å². The topological polar surface area (TPSA) is 60.5 Å². The van der Waals surface area contributed by atoms with Crippen LogP contribution in [0.1, 0.15) is 27.0 Å². The highest BCUT2D eigenvalue weighted by Crippen LogP contribution is 2.41. The molecule has 0 amide bonds. The van der Waals surface area contributed by atoms with Gasteiger partial charge in [-0.05, 0) is 58.1 Å². The number of rotatable bonds is 10. The van der Waals surface area contributed by atoms with Crippen LogP contribution in [0.5, 0.6) is 0 Å². The summed E-state index contributed by atoms with van der Waals surface area (Å²) in [6.07, 6.45) is 0. The average Bonchev–Trinajstić information content (AvgIpc) is 2.94. The largest absolute Gasteiger partial charge is 0.378 e. The van der Waals surface area contributed by atoms with E-state index in [2.05, 4.69) is 0 Å². The molecular formula is C30H30N2O5. The molecule has 0 radical (unpaired) electrons. The molecule has 0 atom stereocenters. The molecule has 0 aromatic heterocycles. The number of anilines is 2. The molecule has 0 N–H and O–H groups in total. The van der Waals surface area contributed by atoms with Crippen LogP contribution in [-0.4, -0.2) is 34.2 Å². The lowest BCUT2D eigenvalue weighted by Gasteiger charge is -2.33. The van der Waals surface area contributed by atoms with E-state index in [1.54, 1.807) is 24.3 Å². The number of hydrogen-bond acceptors (Lipinski definition) is 7. The van der Waals surface area contributed by atoms with E-state index in [4.69, 9.17) is 19.9 Å². The number of carbonyl (C=O) groups excluding carboxylic acids is 1. The molecule has 4 aromatic rings. The fourth-order valence-corrected chi connectivity index (χ4v) is 4.04. The molecule has 0 saturated heterocycles. The lowest BCUT2D eigenvalue weighted by Crippen LogP contribution is -2.33. The maximum atomic E-state index is 12.5. The molecule has 4 aromatic carbocycles. The first-order valence-electron chi connectivity index (χ1n) is 11.8. The van der Waals surface area contributed by atoms with Crippen molar-refractivity contribution in [2.45, 2.75) is 5.60 Å². The first kappa shape index (κ1) is 25.9. The Balaban J connectivity index is 1.61. The molecule has 7 nitrogen and oxygen atoms in total. The highest BCUT2D eigenvalue weighted by atomic mass is 17.7. The van der Waals surface area contributed by atoms with Gasteiger partial charge in [0.15, 0.2) is 5.60 Å². The quantitative estimate of drug-likeness (QED) is 0.119. The third kappa shape index (κ3) is 5.81. The van der Waals surface area contributed by atoms with Gasteiger partial charge in [0, 0.05) is 44.6 Å². The van der Waals surface area contributed by atoms with Gasteiger partial charge in [-0.1, -0.05) is 72.8 Å². The second-order valence-electron chi connectivity index (χ2n) is 8.89. The van der Waals surface area contributed by atoms with Crippen molar-refractivity contribution < 1.29 is 24.6 Å². The lowest BCUT2D eigenvalue weighted by molar-refractivity contribution is -0.631. The summed E-state index contributed by atoms with van der Waals surface area (Å²) in [7, 11) is 7.79.